The fraction of sp³-hybridized carbons (Fsp3) is 0. The predicted octanol–water partition coefficient (Wildman–Crippen LogP) is -0.151. The van der Waals surface area contributed by atoms with Gasteiger partial charge in [0.2, 0.25) is 0 Å². The Hall–Kier alpha value is -1.17. The van der Waals surface area contributed by atoms with Gasteiger partial charge in [0.25, 0.3) is 5.69 Å². The van der Waals surface area contributed by atoms with Crippen LogP contribution in [0.25, 0.3) is 0 Å². The van der Waals surface area contributed by atoms with Crippen LogP contribution in [0.15, 0.2) is 30.3 Å². The van der Waals surface area contributed by atoms with Gasteiger partial charge in [-0.2, -0.15) is 0 Å². The number of hydrogen-bond donors (Lipinski definition) is 1. The number of para-hydroxylation sites is 1. The van der Waals surface area contributed by atoms with Crippen LogP contribution in [0.3, 0.4) is 0 Å². The van der Waals surface area contributed by atoms with E-state index in [1.807, 2.05) is 0 Å². The van der Waals surface area contributed by atoms with Crippen molar-refractivity contribution >= 4 is 5.69 Å². The number of non-ortho nitro benzene ring substituents is 1. The standard InChI is InChI=1S/C6H5NO2.ClHO2/c8-7(9)6-4-2-1-3-5-6;2-1-3/h1-5H;2H. The minimum Gasteiger partial charge on any atom is -0.506 e. The van der Waals surface area contributed by atoms with Crippen LogP contribution in [0.4, 0.5) is 5.69 Å². The van der Waals surface area contributed by atoms with Crippen molar-refractivity contribution in [3.05, 3.63) is 40.4 Å². The van der Waals surface area contributed by atoms with E-state index in [0.29, 0.717) is 0 Å². The van der Waals surface area contributed by atoms with Crippen LogP contribution < -0.4 is 4.66 Å². The van der Waals surface area contributed by atoms with E-state index in [9.17, 15) is 10.1 Å². The van der Waals surface area contributed by atoms with Gasteiger partial charge in [0, 0.05) is 12.1 Å². The lowest BCUT2D eigenvalue weighted by Crippen LogP contribution is -1.94. The van der Waals surface area contributed by atoms with Crippen LogP contribution in [0.2, 0.25) is 0 Å². The molecular weight excluding hydrogens is 186 g/mol. The number of nitro benzene ring substituents is 1. The molecule has 66 valence electrons. The van der Waals surface area contributed by atoms with Crippen LogP contribution >= 0.6 is 0 Å². The quantitative estimate of drug-likeness (QED) is 0.494. The molecule has 0 aliphatic rings. The van der Waals surface area contributed by atoms with Gasteiger partial charge in [-0.1, -0.05) is 18.2 Å². The average Bonchev–Trinajstić information content (AvgIpc) is 2.07. The van der Waals surface area contributed by atoms with E-state index in [0.717, 1.165) is 0 Å². The van der Waals surface area contributed by atoms with Crippen molar-refractivity contribution in [3.8, 4) is 0 Å². The van der Waals surface area contributed by atoms with Gasteiger partial charge in [-0.15, -0.1) is 4.66 Å². The SMILES string of the molecule is O=[N+]([O-])c1ccccc1.[O-][Cl+]O. The summed E-state index contributed by atoms with van der Waals surface area (Å²) in [6.45, 7) is 0. The molecule has 0 atom stereocenters. The van der Waals surface area contributed by atoms with E-state index in [1.165, 1.54) is 12.1 Å². The van der Waals surface area contributed by atoms with Gasteiger partial charge in [0.15, 0.2) is 0 Å². The zero-order valence-corrected chi connectivity index (χ0v) is 6.64. The molecule has 1 aromatic rings. The minimum absolute atomic E-state index is 0.137. The van der Waals surface area contributed by atoms with Gasteiger partial charge >= 0.3 is 11.3 Å². The van der Waals surface area contributed by atoms with Gasteiger partial charge in [-0.3, -0.25) is 10.1 Å². The molecule has 1 aromatic carbocycles. The lowest BCUT2D eigenvalue weighted by atomic mass is 10.3. The first-order chi connectivity index (χ1) is 5.72. The van der Waals surface area contributed by atoms with Gasteiger partial charge < -0.3 is 4.66 Å². The summed E-state index contributed by atoms with van der Waals surface area (Å²) in [5.74, 6) is 0. The Kier molecular flexibility index (Phi) is 5.90. The maximum Gasteiger partial charge on any atom is 0.327 e. The summed E-state index contributed by atoms with van der Waals surface area (Å²) in [5, 5.41) is 10.0. The molecule has 0 aromatic heterocycles. The summed E-state index contributed by atoms with van der Waals surface area (Å²) >= 11 is -0.167. The monoisotopic (exact) mass is 191 g/mol. The molecule has 1 N–H and O–H groups in total. The molecular formula is C6H6ClNO4. The number of rotatable bonds is 1. The Morgan fingerprint density at radius 2 is 1.75 bits per heavy atom. The highest BCUT2D eigenvalue weighted by Crippen LogP contribution is 2.06. The number of benzene rings is 1. The highest BCUT2D eigenvalue weighted by Gasteiger charge is 1.98. The molecule has 0 fully saturated rings. The third-order valence-electron chi connectivity index (χ3n) is 0.967. The molecule has 5 nitrogen and oxygen atoms in total. The van der Waals surface area contributed by atoms with E-state index in [4.69, 9.17) is 9.32 Å². The van der Waals surface area contributed by atoms with Crippen LogP contribution in [0.5, 0.6) is 0 Å². The second-order valence-electron chi connectivity index (χ2n) is 1.66. The maximum atomic E-state index is 10.0. The fourth-order valence-electron chi connectivity index (χ4n) is 0.550. The molecule has 0 unspecified atom stereocenters. The summed E-state index contributed by atoms with van der Waals surface area (Å²) in [7, 11) is 0. The molecule has 0 saturated heterocycles. The van der Waals surface area contributed by atoms with Gasteiger partial charge in [0.1, 0.15) is 0 Å². The van der Waals surface area contributed by atoms with E-state index in [1.54, 1.807) is 18.2 Å². The second kappa shape index (κ2) is 6.53. The summed E-state index contributed by atoms with van der Waals surface area (Å²) in [6, 6.07) is 7.93. The molecule has 12 heavy (non-hydrogen) atoms. The molecule has 0 radical (unpaired) electrons. The molecule has 6 heteroatoms. The van der Waals surface area contributed by atoms with Crippen molar-refractivity contribution in [1.82, 2.24) is 0 Å². The minimum atomic E-state index is -0.417. The third-order valence-corrected chi connectivity index (χ3v) is 0.967. The van der Waals surface area contributed by atoms with Crippen molar-refractivity contribution in [3.63, 3.8) is 0 Å². The predicted molar refractivity (Wildman–Crippen MR) is 35.3 cm³/mol. The van der Waals surface area contributed by atoms with Crippen molar-refractivity contribution in [1.29, 1.82) is 0 Å². The zero-order valence-electron chi connectivity index (χ0n) is 5.88. The third kappa shape index (κ3) is 4.62. The highest BCUT2D eigenvalue weighted by atomic mass is 35.6. The first-order valence-electron chi connectivity index (χ1n) is 2.82. The van der Waals surface area contributed by atoms with E-state index in [-0.39, 0.29) is 17.0 Å². The fourth-order valence-corrected chi connectivity index (χ4v) is 0.550. The molecule has 1 rings (SSSR count). The first-order valence-corrected chi connectivity index (χ1v) is 3.47. The highest BCUT2D eigenvalue weighted by molar-refractivity contribution is 5.27. The summed E-state index contributed by atoms with van der Waals surface area (Å²) in [6.07, 6.45) is 0. The van der Waals surface area contributed by atoms with Crippen LogP contribution in [0, 0.1) is 21.4 Å². The average molecular weight is 192 g/mol. The van der Waals surface area contributed by atoms with E-state index >= 15 is 0 Å². The van der Waals surface area contributed by atoms with Gasteiger partial charge in [0.05, 0.1) is 4.92 Å². The lowest BCUT2D eigenvalue weighted by molar-refractivity contribution is -1.27. The Morgan fingerprint density at radius 1 is 1.33 bits per heavy atom. The van der Waals surface area contributed by atoms with Crippen molar-refractivity contribution in [2.24, 2.45) is 0 Å². The van der Waals surface area contributed by atoms with E-state index < -0.39 is 4.92 Å². The summed E-state index contributed by atoms with van der Waals surface area (Å²) < 4.78 is 15.2. The van der Waals surface area contributed by atoms with Crippen LogP contribution in [-0.4, -0.2) is 9.58 Å². The normalized spacial score (nSPS) is 8.17. The van der Waals surface area contributed by atoms with Crippen molar-refractivity contribution in [2.75, 3.05) is 0 Å². The Bertz CT molecular complexity index is 228. The molecule has 0 aliphatic carbocycles. The van der Waals surface area contributed by atoms with Crippen molar-refractivity contribution < 1.29 is 25.6 Å². The molecule has 0 spiro atoms. The molecule has 0 saturated carbocycles. The number of hydrogen-bond acceptors (Lipinski definition) is 4. The summed E-state index contributed by atoms with van der Waals surface area (Å²) in [4.78, 5) is 9.59. The maximum absolute atomic E-state index is 10.0. The van der Waals surface area contributed by atoms with Crippen LogP contribution in [0.1, 0.15) is 0 Å². The van der Waals surface area contributed by atoms with Crippen molar-refractivity contribution in [2.45, 2.75) is 0 Å². The number of nitro groups is 1. The molecule has 0 amide bonds. The second-order valence-corrected chi connectivity index (χ2v) is 1.80. The van der Waals surface area contributed by atoms with Gasteiger partial charge in [-0.05, 0) is 0 Å². The Balaban J connectivity index is 0.000000354. The molecule has 0 heterocycles. The number of halogens is 1. The largest absolute Gasteiger partial charge is 0.506 e. The zero-order chi connectivity index (χ0) is 9.40. The molecule has 0 aliphatic heterocycles. The van der Waals surface area contributed by atoms with E-state index in [2.05, 4.69) is 0 Å². The Morgan fingerprint density at radius 3 is 2.00 bits per heavy atom. The number of nitrogens with zero attached hydrogens (tertiary/aromatic N) is 1. The first kappa shape index (κ1) is 10.8. The van der Waals surface area contributed by atoms with Crippen LogP contribution in [-0.2, 0) is 0 Å². The van der Waals surface area contributed by atoms with Gasteiger partial charge in [-0.25, -0.2) is 0 Å². The summed E-state index contributed by atoms with van der Waals surface area (Å²) in [5.41, 5.74) is 0.137. The topological polar surface area (TPSA) is 86.4 Å². The lowest BCUT2D eigenvalue weighted by Gasteiger charge is -1.85. The smallest absolute Gasteiger partial charge is 0.327 e. The Labute approximate surface area is 72.5 Å². The molecule has 0 bridgehead atoms.